The lowest BCUT2D eigenvalue weighted by atomic mass is 9.86. The molecule has 0 radical (unpaired) electrons. The SMILES string of the molecule is O=C(COC(=O)C[C@@H]1C[C@H]2CC[C@H]1C2)Nc1ccccc1[N+](=O)[O-]. The Balaban J connectivity index is 1.46. The molecule has 1 N–H and O–H groups in total. The van der Waals surface area contributed by atoms with E-state index in [0.717, 1.165) is 12.3 Å². The predicted molar refractivity (Wildman–Crippen MR) is 86.2 cm³/mol. The van der Waals surface area contributed by atoms with E-state index in [9.17, 15) is 19.7 Å². The lowest BCUT2D eigenvalue weighted by molar-refractivity contribution is -0.383. The van der Waals surface area contributed by atoms with E-state index in [0.29, 0.717) is 18.3 Å². The first-order valence-electron chi connectivity index (χ1n) is 8.22. The summed E-state index contributed by atoms with van der Waals surface area (Å²) < 4.78 is 5.03. The van der Waals surface area contributed by atoms with Gasteiger partial charge in [0.15, 0.2) is 6.61 Å². The molecular weight excluding hydrogens is 312 g/mol. The molecular formula is C17H20N2O5. The third-order valence-corrected chi connectivity index (χ3v) is 5.05. The standard InChI is InChI=1S/C17H20N2O5/c20-16(18-14-3-1-2-4-15(14)19(22)23)10-24-17(21)9-13-8-11-5-6-12(13)7-11/h1-4,11-13H,5-10H2,(H,18,20)/t11-,12-,13-/m0/s1. The van der Waals surface area contributed by atoms with Crippen molar-refractivity contribution in [2.45, 2.75) is 32.1 Å². The Kier molecular flexibility index (Phi) is 4.78. The number of esters is 1. The summed E-state index contributed by atoms with van der Waals surface area (Å²) in [5, 5.41) is 13.3. The normalized spacial score (nSPS) is 24.6. The minimum Gasteiger partial charge on any atom is -0.456 e. The number of hydrogen-bond acceptors (Lipinski definition) is 5. The van der Waals surface area contributed by atoms with Gasteiger partial charge in [-0.1, -0.05) is 18.6 Å². The lowest BCUT2D eigenvalue weighted by Crippen LogP contribution is -2.23. The number of nitrogens with one attached hydrogen (secondary N) is 1. The summed E-state index contributed by atoms with van der Waals surface area (Å²) in [4.78, 5) is 34.1. The van der Waals surface area contributed by atoms with E-state index in [1.807, 2.05) is 0 Å². The number of fused-ring (bicyclic) bond motifs is 2. The summed E-state index contributed by atoms with van der Waals surface area (Å²) >= 11 is 0. The number of nitrogens with zero attached hydrogens (tertiary/aromatic N) is 1. The van der Waals surface area contributed by atoms with Gasteiger partial charge in [0.1, 0.15) is 5.69 Å². The zero-order valence-electron chi connectivity index (χ0n) is 13.3. The molecule has 2 aliphatic rings. The summed E-state index contributed by atoms with van der Waals surface area (Å²) in [5.74, 6) is 0.823. The molecule has 1 amide bonds. The average Bonchev–Trinajstić information content (AvgIpc) is 3.16. The maximum absolute atomic E-state index is 11.9. The molecule has 0 aliphatic heterocycles. The second kappa shape index (κ2) is 6.98. The highest BCUT2D eigenvalue weighted by atomic mass is 16.6. The third kappa shape index (κ3) is 3.72. The van der Waals surface area contributed by atoms with Crippen LogP contribution >= 0.6 is 0 Å². The fraction of sp³-hybridized carbons (Fsp3) is 0.529. The average molecular weight is 332 g/mol. The van der Waals surface area contributed by atoms with Gasteiger partial charge in [-0.25, -0.2) is 0 Å². The topological polar surface area (TPSA) is 98.5 Å². The van der Waals surface area contributed by atoms with Crippen LogP contribution in [0, 0.1) is 27.9 Å². The van der Waals surface area contributed by atoms with Gasteiger partial charge >= 0.3 is 5.97 Å². The Morgan fingerprint density at radius 1 is 1.25 bits per heavy atom. The van der Waals surface area contributed by atoms with Gasteiger partial charge in [-0.2, -0.15) is 0 Å². The number of carbonyl (C=O) groups excluding carboxylic acids is 2. The van der Waals surface area contributed by atoms with Gasteiger partial charge in [0.05, 0.1) is 4.92 Å². The largest absolute Gasteiger partial charge is 0.456 e. The second-order valence-electron chi connectivity index (χ2n) is 6.62. The van der Waals surface area contributed by atoms with Crippen LogP contribution in [-0.4, -0.2) is 23.4 Å². The quantitative estimate of drug-likeness (QED) is 0.490. The minimum atomic E-state index is -0.578. The Morgan fingerprint density at radius 3 is 2.71 bits per heavy atom. The van der Waals surface area contributed by atoms with Crippen LogP contribution in [0.15, 0.2) is 24.3 Å². The van der Waals surface area contributed by atoms with Crippen molar-refractivity contribution >= 4 is 23.3 Å². The maximum Gasteiger partial charge on any atom is 0.306 e. The summed E-state index contributed by atoms with van der Waals surface area (Å²) in [7, 11) is 0. The van der Waals surface area contributed by atoms with Crippen molar-refractivity contribution < 1.29 is 19.2 Å². The monoisotopic (exact) mass is 332 g/mol. The van der Waals surface area contributed by atoms with Crippen molar-refractivity contribution in [2.24, 2.45) is 17.8 Å². The Bertz CT molecular complexity index is 660. The molecule has 2 saturated carbocycles. The Labute approximate surface area is 139 Å². The molecule has 1 aromatic carbocycles. The fourth-order valence-corrected chi connectivity index (χ4v) is 3.97. The zero-order valence-corrected chi connectivity index (χ0v) is 13.3. The van der Waals surface area contributed by atoms with Gasteiger partial charge in [-0.05, 0) is 43.1 Å². The molecule has 1 aromatic rings. The summed E-state index contributed by atoms with van der Waals surface area (Å²) in [6.07, 6.45) is 5.13. The highest BCUT2D eigenvalue weighted by Gasteiger charge is 2.40. The molecule has 0 saturated heterocycles. The summed E-state index contributed by atoms with van der Waals surface area (Å²) in [6, 6.07) is 5.84. The minimum absolute atomic E-state index is 0.0941. The van der Waals surface area contributed by atoms with E-state index in [-0.39, 0.29) is 17.3 Å². The van der Waals surface area contributed by atoms with Crippen LogP contribution in [0.5, 0.6) is 0 Å². The van der Waals surface area contributed by atoms with Crippen LogP contribution < -0.4 is 5.32 Å². The maximum atomic E-state index is 11.9. The highest BCUT2D eigenvalue weighted by molar-refractivity contribution is 5.94. The Hall–Kier alpha value is -2.44. The molecule has 0 heterocycles. The van der Waals surface area contributed by atoms with Gasteiger partial charge < -0.3 is 10.1 Å². The zero-order chi connectivity index (χ0) is 17.1. The van der Waals surface area contributed by atoms with Crippen LogP contribution in [0.3, 0.4) is 0 Å². The van der Waals surface area contributed by atoms with E-state index in [4.69, 9.17) is 4.74 Å². The number of hydrogen-bond donors (Lipinski definition) is 1. The molecule has 7 nitrogen and oxygen atoms in total. The molecule has 2 fully saturated rings. The fourth-order valence-electron chi connectivity index (χ4n) is 3.97. The second-order valence-corrected chi connectivity index (χ2v) is 6.62. The van der Waals surface area contributed by atoms with Gasteiger partial charge in [0.2, 0.25) is 0 Å². The molecule has 3 atom stereocenters. The van der Waals surface area contributed by atoms with Gasteiger partial charge in [-0.15, -0.1) is 0 Å². The summed E-state index contributed by atoms with van der Waals surface area (Å²) in [6.45, 7) is -0.425. The van der Waals surface area contributed by atoms with Crippen LogP contribution in [0.2, 0.25) is 0 Å². The van der Waals surface area contributed by atoms with Crippen molar-refractivity contribution in [3.8, 4) is 0 Å². The summed E-state index contributed by atoms with van der Waals surface area (Å²) in [5.41, 5.74) is -0.101. The van der Waals surface area contributed by atoms with Crippen LogP contribution in [0.4, 0.5) is 11.4 Å². The smallest absolute Gasteiger partial charge is 0.306 e. The van der Waals surface area contributed by atoms with Crippen LogP contribution in [-0.2, 0) is 14.3 Å². The lowest BCUT2D eigenvalue weighted by Gasteiger charge is -2.20. The number of benzene rings is 1. The van der Waals surface area contributed by atoms with E-state index in [1.165, 1.54) is 37.5 Å². The molecule has 128 valence electrons. The van der Waals surface area contributed by atoms with Gasteiger partial charge in [0, 0.05) is 12.5 Å². The van der Waals surface area contributed by atoms with E-state index < -0.39 is 17.4 Å². The number of nitro benzene ring substituents is 1. The van der Waals surface area contributed by atoms with Crippen molar-refractivity contribution in [1.29, 1.82) is 0 Å². The molecule has 7 heteroatoms. The predicted octanol–water partition coefficient (Wildman–Crippen LogP) is 2.90. The van der Waals surface area contributed by atoms with Gasteiger partial charge in [-0.3, -0.25) is 19.7 Å². The van der Waals surface area contributed by atoms with Crippen molar-refractivity contribution in [3.05, 3.63) is 34.4 Å². The number of para-hydroxylation sites is 2. The number of nitro groups is 1. The van der Waals surface area contributed by atoms with Crippen LogP contribution in [0.1, 0.15) is 32.1 Å². The molecule has 0 spiro atoms. The van der Waals surface area contributed by atoms with Gasteiger partial charge in [0.25, 0.3) is 11.6 Å². The van der Waals surface area contributed by atoms with Crippen molar-refractivity contribution in [2.75, 3.05) is 11.9 Å². The van der Waals surface area contributed by atoms with E-state index in [1.54, 1.807) is 6.07 Å². The number of anilines is 1. The van der Waals surface area contributed by atoms with E-state index >= 15 is 0 Å². The van der Waals surface area contributed by atoms with Crippen molar-refractivity contribution in [1.82, 2.24) is 0 Å². The third-order valence-electron chi connectivity index (χ3n) is 5.05. The molecule has 2 aliphatic carbocycles. The van der Waals surface area contributed by atoms with Crippen LogP contribution in [0.25, 0.3) is 0 Å². The number of carbonyl (C=O) groups is 2. The first-order valence-corrected chi connectivity index (χ1v) is 8.22. The molecule has 3 rings (SSSR count). The molecule has 0 unspecified atom stereocenters. The Morgan fingerprint density at radius 2 is 2.04 bits per heavy atom. The molecule has 0 aromatic heterocycles. The first kappa shape index (κ1) is 16.4. The molecule has 2 bridgehead atoms. The number of rotatable bonds is 6. The number of ether oxygens (including phenoxy) is 1. The number of amides is 1. The molecule has 24 heavy (non-hydrogen) atoms. The van der Waals surface area contributed by atoms with E-state index in [2.05, 4.69) is 5.32 Å². The highest BCUT2D eigenvalue weighted by Crippen LogP contribution is 2.49. The first-order chi connectivity index (χ1) is 11.5. The van der Waals surface area contributed by atoms with Crippen molar-refractivity contribution in [3.63, 3.8) is 0 Å².